The molecule has 0 aliphatic rings. The molecule has 47 heavy (non-hydrogen) atoms. The van der Waals surface area contributed by atoms with Crippen molar-refractivity contribution >= 4 is 32.6 Å². The van der Waals surface area contributed by atoms with Gasteiger partial charge in [-0.2, -0.15) is 0 Å². The third-order valence-electron chi connectivity index (χ3n) is 8.84. The zero-order chi connectivity index (χ0) is 31.2. The second-order valence-corrected chi connectivity index (χ2v) is 11.7. The Morgan fingerprint density at radius 2 is 0.830 bits per heavy atom. The molecule has 2 heterocycles. The summed E-state index contributed by atoms with van der Waals surface area (Å²) in [6.45, 7) is 0. The average Bonchev–Trinajstić information content (AvgIpc) is 3.50. The number of hydrogen-bond acceptors (Lipinski definition) is 3. The first-order valence-corrected chi connectivity index (χ1v) is 15.8. The first kappa shape index (κ1) is 27.0. The Labute approximate surface area is 272 Å². The van der Waals surface area contributed by atoms with Crippen LogP contribution in [-0.2, 0) is 0 Å². The summed E-state index contributed by atoms with van der Waals surface area (Å²) in [5, 5.41) is 4.76. The second-order valence-electron chi connectivity index (χ2n) is 11.7. The zero-order valence-electron chi connectivity index (χ0n) is 25.5. The van der Waals surface area contributed by atoms with Crippen molar-refractivity contribution in [1.29, 1.82) is 0 Å². The van der Waals surface area contributed by atoms with Gasteiger partial charge in [-0.3, -0.25) is 0 Å². The van der Waals surface area contributed by atoms with Crippen LogP contribution in [0.15, 0.2) is 170 Å². The molecular weight excluding hydrogens is 573 g/mol. The van der Waals surface area contributed by atoms with Crippen LogP contribution in [0.1, 0.15) is 0 Å². The highest BCUT2D eigenvalue weighted by Gasteiger charge is 2.17. The van der Waals surface area contributed by atoms with Crippen LogP contribution < -0.4 is 0 Å². The van der Waals surface area contributed by atoms with Gasteiger partial charge in [-0.25, -0.2) is 15.0 Å². The molecule has 0 bridgehead atoms. The Hall–Kier alpha value is -6.39. The fourth-order valence-electron chi connectivity index (χ4n) is 6.56. The van der Waals surface area contributed by atoms with Crippen LogP contribution in [0.3, 0.4) is 0 Å². The predicted molar refractivity (Wildman–Crippen MR) is 193 cm³/mol. The maximum absolute atomic E-state index is 5.08. The second kappa shape index (κ2) is 11.2. The Morgan fingerprint density at radius 1 is 0.340 bits per heavy atom. The number of aromatic nitrogens is 4. The lowest BCUT2D eigenvalue weighted by Crippen LogP contribution is -2.00. The molecule has 0 radical (unpaired) electrons. The van der Waals surface area contributed by atoms with E-state index in [9.17, 15) is 0 Å². The fraction of sp³-hybridized carbons (Fsp3) is 0. The van der Waals surface area contributed by atoms with Gasteiger partial charge < -0.3 is 4.57 Å². The third-order valence-corrected chi connectivity index (χ3v) is 8.84. The molecule has 0 saturated carbocycles. The van der Waals surface area contributed by atoms with Gasteiger partial charge in [-0.15, -0.1) is 0 Å². The zero-order valence-corrected chi connectivity index (χ0v) is 25.5. The monoisotopic (exact) mass is 600 g/mol. The molecule has 220 valence electrons. The van der Waals surface area contributed by atoms with E-state index >= 15 is 0 Å². The van der Waals surface area contributed by atoms with E-state index in [0.29, 0.717) is 17.5 Å². The quantitative estimate of drug-likeness (QED) is 0.197. The summed E-state index contributed by atoms with van der Waals surface area (Å²) in [7, 11) is 0. The summed E-state index contributed by atoms with van der Waals surface area (Å²) in [6, 6.07) is 59.2. The van der Waals surface area contributed by atoms with Gasteiger partial charge in [0, 0.05) is 38.5 Å². The van der Waals surface area contributed by atoms with Gasteiger partial charge in [0.1, 0.15) is 0 Å². The van der Waals surface area contributed by atoms with E-state index in [1.54, 1.807) is 0 Å². The van der Waals surface area contributed by atoms with Gasteiger partial charge in [-0.05, 0) is 40.8 Å². The van der Waals surface area contributed by atoms with Gasteiger partial charge in [0.2, 0.25) is 0 Å². The van der Waals surface area contributed by atoms with E-state index in [1.165, 1.54) is 27.4 Å². The van der Waals surface area contributed by atoms with Crippen LogP contribution in [0.25, 0.3) is 83.6 Å². The molecule has 7 aromatic carbocycles. The van der Waals surface area contributed by atoms with Crippen LogP contribution in [0.2, 0.25) is 0 Å². The number of rotatable bonds is 5. The van der Waals surface area contributed by atoms with Gasteiger partial charge in [0.15, 0.2) is 17.5 Å². The molecule has 0 fully saturated rings. The van der Waals surface area contributed by atoms with E-state index in [2.05, 4.69) is 138 Å². The summed E-state index contributed by atoms with van der Waals surface area (Å²) in [6.07, 6.45) is 0. The highest BCUT2D eigenvalue weighted by molar-refractivity contribution is 6.19. The van der Waals surface area contributed by atoms with E-state index in [1.807, 2.05) is 36.4 Å². The largest absolute Gasteiger partial charge is 0.309 e. The smallest absolute Gasteiger partial charge is 0.164 e. The molecule has 0 atom stereocenters. The molecule has 4 nitrogen and oxygen atoms in total. The van der Waals surface area contributed by atoms with E-state index in [-0.39, 0.29) is 0 Å². The average molecular weight is 601 g/mol. The molecule has 9 aromatic rings. The SMILES string of the molecule is c1ccc(-c2ccc(-c3nc(-c4ccccc4)nc(-c4ccc5ccc6c7ccccc7n(-c7ccccc7)c6c5c4)n3)cc2)cc1. The molecule has 0 N–H and O–H groups in total. The highest BCUT2D eigenvalue weighted by Crippen LogP contribution is 2.38. The maximum atomic E-state index is 5.08. The summed E-state index contributed by atoms with van der Waals surface area (Å²) in [4.78, 5) is 15.1. The standard InChI is InChI=1S/C43H28N4/c1-4-12-29(13-5-1)30-20-23-33(24-21-30)42-44-41(32-14-6-2-7-15-32)45-43(46-42)34-25-22-31-26-27-37-36-18-10-11-19-39(36)47(40(37)38(31)28-34)35-16-8-3-9-17-35/h1-28H. The molecule has 0 aliphatic heterocycles. The summed E-state index contributed by atoms with van der Waals surface area (Å²) < 4.78 is 2.37. The van der Waals surface area contributed by atoms with Crippen molar-refractivity contribution in [2.45, 2.75) is 0 Å². The van der Waals surface area contributed by atoms with Crippen LogP contribution in [-0.4, -0.2) is 19.5 Å². The lowest BCUT2D eigenvalue weighted by molar-refractivity contribution is 1.07. The minimum atomic E-state index is 0.641. The summed E-state index contributed by atoms with van der Waals surface area (Å²) in [5.41, 5.74) is 8.64. The predicted octanol–water partition coefficient (Wildman–Crippen LogP) is 10.8. The number of para-hydroxylation sites is 2. The molecule has 0 unspecified atom stereocenters. The van der Waals surface area contributed by atoms with E-state index in [0.717, 1.165) is 38.7 Å². The first-order chi connectivity index (χ1) is 23.3. The van der Waals surface area contributed by atoms with Crippen LogP contribution in [0, 0.1) is 0 Å². The van der Waals surface area contributed by atoms with Crippen LogP contribution in [0.4, 0.5) is 0 Å². The molecule has 0 saturated heterocycles. The molecule has 0 spiro atoms. The molecule has 4 heteroatoms. The normalized spacial score (nSPS) is 11.4. The van der Waals surface area contributed by atoms with Gasteiger partial charge in [0.05, 0.1) is 11.0 Å². The highest BCUT2D eigenvalue weighted by atomic mass is 15.0. The Morgan fingerprint density at radius 3 is 1.53 bits per heavy atom. The van der Waals surface area contributed by atoms with Gasteiger partial charge >= 0.3 is 0 Å². The van der Waals surface area contributed by atoms with E-state index in [4.69, 9.17) is 15.0 Å². The summed E-state index contributed by atoms with van der Waals surface area (Å²) in [5.74, 6) is 1.93. The van der Waals surface area contributed by atoms with Crippen LogP contribution >= 0.6 is 0 Å². The van der Waals surface area contributed by atoms with E-state index < -0.39 is 0 Å². The molecular formula is C43H28N4. The number of hydrogen-bond donors (Lipinski definition) is 0. The van der Waals surface area contributed by atoms with Crippen molar-refractivity contribution in [1.82, 2.24) is 19.5 Å². The summed E-state index contributed by atoms with van der Waals surface area (Å²) >= 11 is 0. The van der Waals surface area contributed by atoms with Crippen molar-refractivity contribution in [3.8, 4) is 51.0 Å². The minimum absolute atomic E-state index is 0.641. The topological polar surface area (TPSA) is 43.6 Å². The third kappa shape index (κ3) is 4.75. The van der Waals surface area contributed by atoms with Gasteiger partial charge in [-0.1, -0.05) is 146 Å². The Balaban J connectivity index is 1.25. The fourth-order valence-corrected chi connectivity index (χ4v) is 6.56. The lowest BCUT2D eigenvalue weighted by atomic mass is 10.0. The molecule has 9 rings (SSSR count). The van der Waals surface area contributed by atoms with Crippen molar-refractivity contribution < 1.29 is 0 Å². The number of fused-ring (bicyclic) bond motifs is 5. The minimum Gasteiger partial charge on any atom is -0.309 e. The molecule has 0 aliphatic carbocycles. The Bertz CT molecular complexity index is 2540. The molecule has 2 aromatic heterocycles. The Kier molecular flexibility index (Phi) is 6.43. The first-order valence-electron chi connectivity index (χ1n) is 15.8. The number of nitrogens with zero attached hydrogens (tertiary/aromatic N) is 4. The van der Waals surface area contributed by atoms with Crippen molar-refractivity contribution in [2.75, 3.05) is 0 Å². The van der Waals surface area contributed by atoms with Crippen molar-refractivity contribution in [2.24, 2.45) is 0 Å². The molecule has 0 amide bonds. The maximum Gasteiger partial charge on any atom is 0.164 e. The van der Waals surface area contributed by atoms with Crippen LogP contribution in [0.5, 0.6) is 0 Å². The van der Waals surface area contributed by atoms with Crippen molar-refractivity contribution in [3.05, 3.63) is 170 Å². The number of benzene rings is 7. The lowest BCUT2D eigenvalue weighted by Gasteiger charge is -2.12. The van der Waals surface area contributed by atoms with Gasteiger partial charge in [0.25, 0.3) is 0 Å². The van der Waals surface area contributed by atoms with Crippen molar-refractivity contribution in [3.63, 3.8) is 0 Å².